The smallest absolute Gasteiger partial charge is 0.113 e. The molecule has 2 nitrogen and oxygen atoms in total. The molecular formula is C14H16BrNOS. The van der Waals surface area contributed by atoms with Crippen LogP contribution in [-0.4, -0.2) is 11.7 Å². The van der Waals surface area contributed by atoms with Crippen molar-refractivity contribution < 1.29 is 5.11 Å². The molecule has 0 fully saturated rings. The van der Waals surface area contributed by atoms with Crippen LogP contribution in [0.25, 0.3) is 0 Å². The summed E-state index contributed by atoms with van der Waals surface area (Å²) in [5.41, 5.74) is 7.77. The summed E-state index contributed by atoms with van der Waals surface area (Å²) in [4.78, 5) is 0.946. The fraction of sp³-hybridized carbons (Fsp3) is 0.286. The van der Waals surface area contributed by atoms with Crippen LogP contribution < -0.4 is 5.73 Å². The minimum atomic E-state index is -0.552. The monoisotopic (exact) mass is 325 g/mol. The second kappa shape index (κ2) is 5.97. The van der Waals surface area contributed by atoms with E-state index >= 15 is 0 Å². The summed E-state index contributed by atoms with van der Waals surface area (Å²) in [5.74, 6) is 0.354. The number of nitrogens with two attached hydrogens (primary N) is 1. The quantitative estimate of drug-likeness (QED) is 0.901. The minimum Gasteiger partial charge on any atom is -0.383 e. The summed E-state index contributed by atoms with van der Waals surface area (Å²) in [5, 5.41) is 10.3. The van der Waals surface area contributed by atoms with Crippen LogP contribution in [0.4, 0.5) is 0 Å². The minimum absolute atomic E-state index is 0.354. The highest BCUT2D eigenvalue weighted by atomic mass is 79.9. The van der Waals surface area contributed by atoms with Crippen LogP contribution in [0.2, 0.25) is 0 Å². The van der Waals surface area contributed by atoms with E-state index in [4.69, 9.17) is 5.73 Å². The molecular weight excluding hydrogens is 310 g/mol. The SMILES string of the molecule is CC(CN)c1ccc(C(O)c2ccc(Br)s2)cc1. The molecule has 2 aromatic rings. The molecule has 2 unspecified atom stereocenters. The summed E-state index contributed by atoms with van der Waals surface area (Å²) >= 11 is 4.96. The average Bonchev–Trinajstić information content (AvgIpc) is 2.84. The Morgan fingerprint density at radius 2 is 1.78 bits per heavy atom. The van der Waals surface area contributed by atoms with Crippen LogP contribution in [0.1, 0.15) is 34.9 Å². The highest BCUT2D eigenvalue weighted by Crippen LogP contribution is 2.31. The van der Waals surface area contributed by atoms with Gasteiger partial charge in [-0.25, -0.2) is 0 Å². The molecule has 4 heteroatoms. The van der Waals surface area contributed by atoms with Crippen molar-refractivity contribution in [3.05, 3.63) is 56.2 Å². The van der Waals surface area contributed by atoms with Gasteiger partial charge >= 0.3 is 0 Å². The Hall–Kier alpha value is -0.680. The first-order chi connectivity index (χ1) is 8.61. The zero-order chi connectivity index (χ0) is 13.1. The fourth-order valence-electron chi connectivity index (χ4n) is 1.78. The van der Waals surface area contributed by atoms with Gasteiger partial charge in [-0.1, -0.05) is 31.2 Å². The van der Waals surface area contributed by atoms with E-state index < -0.39 is 6.10 Å². The lowest BCUT2D eigenvalue weighted by atomic mass is 9.98. The van der Waals surface area contributed by atoms with E-state index in [0.717, 1.165) is 14.2 Å². The Labute approximate surface area is 120 Å². The maximum Gasteiger partial charge on any atom is 0.113 e. The molecule has 0 aliphatic carbocycles. The molecule has 2 rings (SSSR count). The number of aliphatic hydroxyl groups excluding tert-OH is 1. The van der Waals surface area contributed by atoms with Gasteiger partial charge in [0.25, 0.3) is 0 Å². The number of aliphatic hydroxyl groups is 1. The van der Waals surface area contributed by atoms with Crippen LogP contribution in [0.5, 0.6) is 0 Å². The summed E-state index contributed by atoms with van der Waals surface area (Å²) in [6.07, 6.45) is -0.552. The summed E-state index contributed by atoms with van der Waals surface area (Å²) in [6.45, 7) is 2.74. The highest BCUT2D eigenvalue weighted by molar-refractivity contribution is 9.11. The van der Waals surface area contributed by atoms with Gasteiger partial charge in [-0.3, -0.25) is 0 Å². The van der Waals surface area contributed by atoms with E-state index in [1.165, 1.54) is 5.56 Å². The number of benzene rings is 1. The number of hydrogen-bond acceptors (Lipinski definition) is 3. The topological polar surface area (TPSA) is 46.2 Å². The normalized spacial score (nSPS) is 14.4. The third-order valence-electron chi connectivity index (χ3n) is 3.04. The lowest BCUT2D eigenvalue weighted by Crippen LogP contribution is -2.09. The van der Waals surface area contributed by atoms with Crippen molar-refractivity contribution >= 4 is 27.3 Å². The molecule has 18 heavy (non-hydrogen) atoms. The van der Waals surface area contributed by atoms with Crippen molar-refractivity contribution in [2.45, 2.75) is 18.9 Å². The van der Waals surface area contributed by atoms with Gasteiger partial charge in [0.1, 0.15) is 6.10 Å². The highest BCUT2D eigenvalue weighted by Gasteiger charge is 2.13. The molecule has 1 heterocycles. The number of rotatable bonds is 4. The van der Waals surface area contributed by atoms with Gasteiger partial charge < -0.3 is 10.8 Å². The molecule has 0 saturated heterocycles. The Bertz CT molecular complexity index is 509. The summed E-state index contributed by atoms with van der Waals surface area (Å²) < 4.78 is 1.03. The first kappa shape index (κ1) is 13.7. The van der Waals surface area contributed by atoms with E-state index in [2.05, 4.69) is 22.9 Å². The zero-order valence-corrected chi connectivity index (χ0v) is 12.5. The third-order valence-corrected chi connectivity index (χ3v) is 4.71. The van der Waals surface area contributed by atoms with E-state index in [-0.39, 0.29) is 0 Å². The lowest BCUT2D eigenvalue weighted by molar-refractivity contribution is 0.224. The van der Waals surface area contributed by atoms with E-state index in [1.54, 1.807) is 11.3 Å². The van der Waals surface area contributed by atoms with Gasteiger partial charge in [-0.15, -0.1) is 11.3 Å². The molecule has 0 aliphatic heterocycles. The first-order valence-corrected chi connectivity index (χ1v) is 7.46. The van der Waals surface area contributed by atoms with Gasteiger partial charge in [-0.05, 0) is 51.7 Å². The van der Waals surface area contributed by atoms with Gasteiger partial charge in [0.2, 0.25) is 0 Å². The van der Waals surface area contributed by atoms with Crippen molar-refractivity contribution in [2.24, 2.45) is 5.73 Å². The van der Waals surface area contributed by atoms with E-state index in [1.807, 2.05) is 36.4 Å². The molecule has 96 valence electrons. The molecule has 0 aliphatic rings. The Morgan fingerprint density at radius 3 is 2.28 bits per heavy atom. The number of thiophene rings is 1. The Morgan fingerprint density at radius 1 is 1.17 bits per heavy atom. The van der Waals surface area contributed by atoms with Crippen molar-refractivity contribution in [2.75, 3.05) is 6.54 Å². The van der Waals surface area contributed by atoms with Crippen molar-refractivity contribution in [3.8, 4) is 0 Å². The molecule has 2 atom stereocenters. The standard InChI is InChI=1S/C14H16BrNOS/c1-9(8-16)10-2-4-11(5-3-10)14(17)12-6-7-13(15)18-12/h2-7,9,14,17H,8,16H2,1H3. The van der Waals surface area contributed by atoms with Crippen molar-refractivity contribution in [3.63, 3.8) is 0 Å². The molecule has 0 spiro atoms. The molecule has 3 N–H and O–H groups in total. The van der Waals surface area contributed by atoms with E-state index in [0.29, 0.717) is 12.5 Å². The molecule has 0 amide bonds. The Balaban J connectivity index is 2.19. The van der Waals surface area contributed by atoms with Crippen LogP contribution in [0, 0.1) is 0 Å². The molecule has 0 saturated carbocycles. The predicted octanol–water partition coefficient (Wildman–Crippen LogP) is 3.65. The van der Waals surface area contributed by atoms with E-state index in [9.17, 15) is 5.11 Å². The van der Waals surface area contributed by atoms with Crippen molar-refractivity contribution in [1.29, 1.82) is 0 Å². The molecule has 0 bridgehead atoms. The zero-order valence-electron chi connectivity index (χ0n) is 10.1. The maximum absolute atomic E-state index is 10.3. The van der Waals surface area contributed by atoms with Crippen LogP contribution in [0.15, 0.2) is 40.2 Å². The second-order valence-corrected chi connectivity index (χ2v) is 6.84. The molecule has 1 aromatic carbocycles. The average molecular weight is 326 g/mol. The second-order valence-electron chi connectivity index (χ2n) is 4.35. The van der Waals surface area contributed by atoms with Gasteiger partial charge in [0.05, 0.1) is 3.79 Å². The van der Waals surface area contributed by atoms with Crippen LogP contribution >= 0.6 is 27.3 Å². The number of hydrogen-bond donors (Lipinski definition) is 2. The van der Waals surface area contributed by atoms with Crippen molar-refractivity contribution in [1.82, 2.24) is 0 Å². The van der Waals surface area contributed by atoms with Gasteiger partial charge in [-0.2, -0.15) is 0 Å². The Kier molecular flexibility index (Phi) is 4.56. The third kappa shape index (κ3) is 3.01. The van der Waals surface area contributed by atoms with Crippen LogP contribution in [-0.2, 0) is 0 Å². The largest absolute Gasteiger partial charge is 0.383 e. The predicted molar refractivity (Wildman–Crippen MR) is 80.0 cm³/mol. The lowest BCUT2D eigenvalue weighted by Gasteiger charge is -2.12. The summed E-state index contributed by atoms with van der Waals surface area (Å²) in [7, 11) is 0. The van der Waals surface area contributed by atoms with Gasteiger partial charge in [0, 0.05) is 4.88 Å². The fourth-order valence-corrected chi connectivity index (χ4v) is 3.22. The summed E-state index contributed by atoms with van der Waals surface area (Å²) in [6, 6.07) is 11.9. The maximum atomic E-state index is 10.3. The number of halogens is 1. The first-order valence-electron chi connectivity index (χ1n) is 5.85. The molecule has 1 aromatic heterocycles. The van der Waals surface area contributed by atoms with Gasteiger partial charge in [0.15, 0.2) is 0 Å². The van der Waals surface area contributed by atoms with Crippen LogP contribution in [0.3, 0.4) is 0 Å². The molecule has 0 radical (unpaired) electrons.